The molecule has 2 aliphatic rings. The van der Waals surface area contributed by atoms with Crippen molar-refractivity contribution in [3.05, 3.63) is 47.5 Å². The van der Waals surface area contributed by atoms with Crippen molar-refractivity contribution in [2.24, 2.45) is 10.7 Å². The Labute approximate surface area is 156 Å². The molecule has 2 fully saturated rings. The number of carbonyl (C=O) groups excluding carboxylic acids is 1. The lowest BCUT2D eigenvalue weighted by atomic mass is 9.94. The van der Waals surface area contributed by atoms with Crippen molar-refractivity contribution in [3.8, 4) is 0 Å². The number of piperidine rings is 1. The number of hydrogen-bond acceptors (Lipinski definition) is 3. The van der Waals surface area contributed by atoms with Crippen LogP contribution in [0.15, 0.2) is 41.4 Å². The van der Waals surface area contributed by atoms with Gasteiger partial charge < -0.3 is 10.6 Å². The molecule has 4 heteroatoms. The molecule has 4 nitrogen and oxygen atoms in total. The molecule has 3 rings (SSSR count). The number of nitrogens with two attached hydrogens (primary N) is 1. The second-order valence-corrected chi connectivity index (χ2v) is 7.27. The highest BCUT2D eigenvalue weighted by atomic mass is 16.1. The summed E-state index contributed by atoms with van der Waals surface area (Å²) < 4.78 is 0. The number of rotatable bonds is 5. The predicted molar refractivity (Wildman–Crippen MR) is 109 cm³/mol. The van der Waals surface area contributed by atoms with Crippen LogP contribution < -0.4 is 5.73 Å². The number of aliphatic imine (C=N–C) groups is 1. The van der Waals surface area contributed by atoms with Crippen LogP contribution in [0.2, 0.25) is 0 Å². The van der Waals surface area contributed by atoms with E-state index in [2.05, 4.69) is 25.6 Å². The van der Waals surface area contributed by atoms with E-state index in [1.165, 1.54) is 25.7 Å². The van der Waals surface area contributed by atoms with Crippen LogP contribution in [0.3, 0.4) is 0 Å². The minimum Gasteiger partial charge on any atom is -0.398 e. The average Bonchev–Trinajstić information content (AvgIpc) is 3.20. The van der Waals surface area contributed by atoms with Gasteiger partial charge in [-0.15, -0.1) is 0 Å². The van der Waals surface area contributed by atoms with Crippen LogP contribution in [0, 0.1) is 0 Å². The third-order valence-electron chi connectivity index (χ3n) is 5.49. The Morgan fingerprint density at radius 1 is 1.35 bits per heavy atom. The van der Waals surface area contributed by atoms with Crippen molar-refractivity contribution in [1.29, 1.82) is 0 Å². The zero-order valence-electron chi connectivity index (χ0n) is 15.7. The molecule has 138 valence electrons. The fraction of sp³-hybridized carbons (Fsp3) is 0.455. The van der Waals surface area contributed by atoms with Crippen LogP contribution >= 0.6 is 0 Å². The fourth-order valence-corrected chi connectivity index (χ4v) is 3.79. The lowest BCUT2D eigenvalue weighted by molar-refractivity contribution is -0.117. The summed E-state index contributed by atoms with van der Waals surface area (Å²) in [7, 11) is 0. The SMILES string of the molecule is C=C(CC)c1cccc(C(N)=C2CN(C=O)CCC2=NC2CCCC2)c1. The van der Waals surface area contributed by atoms with E-state index in [1.54, 1.807) is 4.90 Å². The standard InChI is InChI=1S/C22H29N3O/c1-3-16(2)17-7-6-8-18(13-17)22(23)20-14-25(15-26)12-11-21(20)24-19-9-4-5-10-19/h6-8,13,15,19H,2-5,9-12,14,23H2,1H3. The van der Waals surface area contributed by atoms with E-state index < -0.39 is 0 Å². The molecule has 0 spiro atoms. The van der Waals surface area contributed by atoms with Gasteiger partial charge in [-0.1, -0.05) is 44.5 Å². The van der Waals surface area contributed by atoms with Crippen molar-refractivity contribution in [2.75, 3.05) is 13.1 Å². The summed E-state index contributed by atoms with van der Waals surface area (Å²) in [6.45, 7) is 7.50. The molecule has 1 aliphatic heterocycles. The quantitative estimate of drug-likeness (QED) is 0.814. The van der Waals surface area contributed by atoms with Crippen molar-refractivity contribution in [1.82, 2.24) is 4.90 Å². The molecular weight excluding hydrogens is 322 g/mol. The lowest BCUT2D eigenvalue weighted by Crippen LogP contribution is -2.36. The molecule has 1 aromatic rings. The van der Waals surface area contributed by atoms with Gasteiger partial charge in [-0.05, 0) is 42.0 Å². The molecule has 26 heavy (non-hydrogen) atoms. The van der Waals surface area contributed by atoms with Gasteiger partial charge in [0, 0.05) is 36.5 Å². The Kier molecular flexibility index (Phi) is 5.92. The molecule has 1 heterocycles. The van der Waals surface area contributed by atoms with E-state index in [-0.39, 0.29) is 0 Å². The summed E-state index contributed by atoms with van der Waals surface area (Å²) in [4.78, 5) is 18.1. The number of amides is 1. The van der Waals surface area contributed by atoms with Gasteiger partial charge in [0.25, 0.3) is 0 Å². The van der Waals surface area contributed by atoms with Crippen LogP contribution in [0.5, 0.6) is 0 Å². The van der Waals surface area contributed by atoms with Crippen LogP contribution in [0.4, 0.5) is 0 Å². The zero-order chi connectivity index (χ0) is 18.5. The van der Waals surface area contributed by atoms with Gasteiger partial charge in [0.2, 0.25) is 6.41 Å². The monoisotopic (exact) mass is 351 g/mol. The molecule has 0 radical (unpaired) electrons. The normalized spacial score (nSPS) is 21.9. The summed E-state index contributed by atoms with van der Waals surface area (Å²) in [5, 5.41) is 0. The summed E-state index contributed by atoms with van der Waals surface area (Å²) in [6, 6.07) is 8.64. The van der Waals surface area contributed by atoms with Crippen molar-refractivity contribution >= 4 is 23.4 Å². The number of benzene rings is 1. The average molecular weight is 351 g/mol. The Hall–Kier alpha value is -2.36. The van der Waals surface area contributed by atoms with Crippen molar-refractivity contribution < 1.29 is 4.79 Å². The minimum absolute atomic E-state index is 0.418. The highest BCUT2D eigenvalue weighted by molar-refractivity contribution is 6.07. The third-order valence-corrected chi connectivity index (χ3v) is 5.49. The number of hydrogen-bond donors (Lipinski definition) is 1. The number of likely N-dealkylation sites (tertiary alicyclic amines) is 1. The zero-order valence-corrected chi connectivity index (χ0v) is 15.7. The van der Waals surface area contributed by atoms with Gasteiger partial charge in [0.1, 0.15) is 0 Å². The van der Waals surface area contributed by atoms with Crippen LogP contribution in [0.1, 0.15) is 56.6 Å². The number of allylic oxidation sites excluding steroid dienone is 1. The molecule has 1 saturated heterocycles. The van der Waals surface area contributed by atoms with Crippen LogP contribution in [-0.2, 0) is 4.79 Å². The molecule has 0 atom stereocenters. The maximum Gasteiger partial charge on any atom is 0.210 e. The Morgan fingerprint density at radius 3 is 2.77 bits per heavy atom. The smallest absolute Gasteiger partial charge is 0.210 e. The van der Waals surface area contributed by atoms with Gasteiger partial charge >= 0.3 is 0 Å². The first-order chi connectivity index (χ1) is 12.6. The van der Waals surface area contributed by atoms with E-state index in [0.717, 1.165) is 59.5 Å². The molecule has 0 aromatic heterocycles. The second-order valence-electron chi connectivity index (χ2n) is 7.27. The fourth-order valence-electron chi connectivity index (χ4n) is 3.79. The third kappa shape index (κ3) is 4.06. The number of carbonyl (C=O) groups is 1. The minimum atomic E-state index is 0.418. The molecule has 1 aromatic carbocycles. The van der Waals surface area contributed by atoms with Gasteiger partial charge in [-0.25, -0.2) is 0 Å². The molecule has 1 amide bonds. The molecular formula is C22H29N3O. The maximum atomic E-state index is 11.3. The Morgan fingerprint density at radius 2 is 2.08 bits per heavy atom. The van der Waals surface area contributed by atoms with Crippen molar-refractivity contribution in [3.63, 3.8) is 0 Å². The van der Waals surface area contributed by atoms with E-state index in [1.807, 2.05) is 12.1 Å². The first-order valence-corrected chi connectivity index (χ1v) is 9.66. The number of nitrogens with zero attached hydrogens (tertiary/aromatic N) is 2. The van der Waals surface area contributed by atoms with E-state index in [4.69, 9.17) is 10.7 Å². The van der Waals surface area contributed by atoms with Gasteiger partial charge in [0.15, 0.2) is 0 Å². The topological polar surface area (TPSA) is 58.7 Å². The van der Waals surface area contributed by atoms with Crippen LogP contribution in [-0.4, -0.2) is 36.2 Å². The largest absolute Gasteiger partial charge is 0.398 e. The summed E-state index contributed by atoms with van der Waals surface area (Å²) in [6.07, 6.45) is 7.46. The van der Waals surface area contributed by atoms with E-state index in [9.17, 15) is 4.79 Å². The molecule has 2 N–H and O–H groups in total. The van der Waals surface area contributed by atoms with E-state index >= 15 is 0 Å². The second kappa shape index (κ2) is 8.35. The van der Waals surface area contributed by atoms with Gasteiger partial charge in [-0.2, -0.15) is 0 Å². The Balaban J connectivity index is 1.98. The van der Waals surface area contributed by atoms with Crippen LogP contribution in [0.25, 0.3) is 11.3 Å². The summed E-state index contributed by atoms with van der Waals surface area (Å²) in [5.41, 5.74) is 12.6. The van der Waals surface area contributed by atoms with E-state index in [0.29, 0.717) is 12.6 Å². The molecule has 1 aliphatic carbocycles. The highest BCUT2D eigenvalue weighted by Crippen LogP contribution is 2.27. The first kappa shape index (κ1) is 18.4. The van der Waals surface area contributed by atoms with Crippen molar-refractivity contribution in [2.45, 2.75) is 51.5 Å². The maximum absolute atomic E-state index is 11.3. The lowest BCUT2D eigenvalue weighted by Gasteiger charge is -2.28. The molecule has 0 bridgehead atoms. The molecule has 1 saturated carbocycles. The summed E-state index contributed by atoms with van der Waals surface area (Å²) >= 11 is 0. The van der Waals surface area contributed by atoms with Gasteiger partial charge in [0.05, 0.1) is 6.04 Å². The first-order valence-electron chi connectivity index (χ1n) is 9.66. The highest BCUT2D eigenvalue weighted by Gasteiger charge is 2.24. The Bertz CT molecular complexity index is 742. The summed E-state index contributed by atoms with van der Waals surface area (Å²) in [5.74, 6) is 0. The molecule has 0 unspecified atom stereocenters. The predicted octanol–water partition coefficient (Wildman–Crippen LogP) is 4.03. The van der Waals surface area contributed by atoms with Gasteiger partial charge in [-0.3, -0.25) is 9.79 Å².